The third-order valence-electron chi connectivity index (χ3n) is 3.72. The minimum Gasteiger partial charge on any atom is -0.467 e. The van der Waals surface area contributed by atoms with Crippen LogP contribution in [0.5, 0.6) is 0 Å². The van der Waals surface area contributed by atoms with Crippen LogP contribution >= 0.6 is 0 Å². The highest BCUT2D eigenvalue weighted by Gasteiger charge is 2.40. The molecule has 5 heteroatoms. The number of hydrogen-bond donors (Lipinski definition) is 1. The lowest BCUT2D eigenvalue weighted by molar-refractivity contribution is 0.0600. The molecule has 18 heavy (non-hydrogen) atoms. The van der Waals surface area contributed by atoms with Gasteiger partial charge < -0.3 is 19.2 Å². The van der Waals surface area contributed by atoms with E-state index in [1.54, 1.807) is 6.07 Å². The van der Waals surface area contributed by atoms with E-state index in [1.807, 2.05) is 0 Å². The smallest absolute Gasteiger partial charge is 0.341 e. The molecule has 0 aliphatic carbocycles. The van der Waals surface area contributed by atoms with Crippen molar-refractivity contribution in [2.45, 2.75) is 44.1 Å². The molecule has 1 aromatic heterocycles. The lowest BCUT2D eigenvalue weighted by atomic mass is 9.95. The van der Waals surface area contributed by atoms with Crippen LogP contribution in [-0.4, -0.2) is 31.3 Å². The summed E-state index contributed by atoms with van der Waals surface area (Å²) in [7, 11) is 1.36. The summed E-state index contributed by atoms with van der Waals surface area (Å²) in [4.78, 5) is 11.3. The third-order valence-corrected chi connectivity index (χ3v) is 3.72. The van der Waals surface area contributed by atoms with Crippen molar-refractivity contribution in [3.8, 4) is 0 Å². The van der Waals surface area contributed by atoms with Crippen molar-refractivity contribution < 1.29 is 18.7 Å². The van der Waals surface area contributed by atoms with Crippen molar-refractivity contribution in [1.29, 1.82) is 0 Å². The first-order valence-electron chi connectivity index (χ1n) is 6.31. The zero-order valence-electron chi connectivity index (χ0n) is 10.3. The fourth-order valence-corrected chi connectivity index (χ4v) is 2.78. The van der Waals surface area contributed by atoms with Crippen LogP contribution in [0.3, 0.4) is 0 Å². The predicted octanol–water partition coefficient (Wildman–Crippen LogP) is 1.48. The zero-order chi connectivity index (χ0) is 12.5. The Morgan fingerprint density at radius 3 is 3.11 bits per heavy atom. The first-order chi connectivity index (χ1) is 8.76. The average Bonchev–Trinajstić information content (AvgIpc) is 3.10. The number of fused-ring (bicyclic) bond motifs is 2. The van der Waals surface area contributed by atoms with Crippen molar-refractivity contribution in [2.24, 2.45) is 0 Å². The van der Waals surface area contributed by atoms with E-state index in [1.165, 1.54) is 19.8 Å². The first-order valence-corrected chi connectivity index (χ1v) is 6.31. The Morgan fingerprint density at radius 1 is 1.56 bits per heavy atom. The molecule has 1 N–H and O–H groups in total. The van der Waals surface area contributed by atoms with Gasteiger partial charge in [0, 0.05) is 6.04 Å². The van der Waals surface area contributed by atoms with Crippen LogP contribution in [0.2, 0.25) is 0 Å². The van der Waals surface area contributed by atoms with Crippen LogP contribution in [0.15, 0.2) is 16.7 Å². The van der Waals surface area contributed by atoms with Crippen LogP contribution < -0.4 is 5.32 Å². The molecule has 0 radical (unpaired) electrons. The second-order valence-electron chi connectivity index (χ2n) is 4.89. The van der Waals surface area contributed by atoms with Crippen molar-refractivity contribution >= 4 is 5.97 Å². The standard InChI is InChI=1S/C13H17NO4/c1-16-13(15)8-4-10(17-7-8)6-14-11-5-9-2-3-12(11)18-9/h4,7,9,11-12,14H,2-3,5-6H2,1H3. The number of ether oxygens (including phenoxy) is 2. The monoisotopic (exact) mass is 251 g/mol. The molecule has 0 amide bonds. The minimum atomic E-state index is -0.367. The van der Waals surface area contributed by atoms with Gasteiger partial charge in [-0.3, -0.25) is 0 Å². The zero-order valence-corrected chi connectivity index (χ0v) is 10.3. The molecule has 3 unspecified atom stereocenters. The van der Waals surface area contributed by atoms with Gasteiger partial charge in [-0.1, -0.05) is 0 Å². The van der Waals surface area contributed by atoms with Crippen molar-refractivity contribution in [1.82, 2.24) is 5.32 Å². The predicted molar refractivity (Wildman–Crippen MR) is 63.2 cm³/mol. The summed E-state index contributed by atoms with van der Waals surface area (Å²) in [5.74, 6) is 0.381. The van der Waals surface area contributed by atoms with Gasteiger partial charge in [0.1, 0.15) is 12.0 Å². The Kier molecular flexibility index (Phi) is 3.09. The van der Waals surface area contributed by atoms with Gasteiger partial charge in [0.15, 0.2) is 0 Å². The maximum Gasteiger partial charge on any atom is 0.341 e. The van der Waals surface area contributed by atoms with Gasteiger partial charge in [-0.25, -0.2) is 4.79 Å². The molecular weight excluding hydrogens is 234 g/mol. The number of carbonyl (C=O) groups is 1. The van der Waals surface area contributed by atoms with E-state index in [4.69, 9.17) is 9.15 Å². The van der Waals surface area contributed by atoms with E-state index in [9.17, 15) is 4.79 Å². The fourth-order valence-electron chi connectivity index (χ4n) is 2.78. The Labute approximate surface area is 105 Å². The van der Waals surface area contributed by atoms with Gasteiger partial charge in [-0.2, -0.15) is 0 Å². The molecule has 2 saturated heterocycles. The van der Waals surface area contributed by atoms with Gasteiger partial charge in [0.25, 0.3) is 0 Å². The number of rotatable bonds is 4. The SMILES string of the molecule is COC(=O)c1coc(CNC2CC3CCC2O3)c1. The van der Waals surface area contributed by atoms with Gasteiger partial charge in [0.05, 0.1) is 31.4 Å². The maximum absolute atomic E-state index is 11.3. The van der Waals surface area contributed by atoms with Crippen molar-refractivity contribution in [3.05, 3.63) is 23.7 Å². The second kappa shape index (κ2) is 4.74. The Bertz CT molecular complexity index is 442. The summed E-state index contributed by atoms with van der Waals surface area (Å²) in [6.45, 7) is 0.619. The van der Waals surface area contributed by atoms with Crippen LogP contribution in [0, 0.1) is 0 Å². The third kappa shape index (κ3) is 2.15. The van der Waals surface area contributed by atoms with Crippen LogP contribution in [0.4, 0.5) is 0 Å². The Hall–Kier alpha value is -1.33. The molecule has 3 rings (SSSR count). The van der Waals surface area contributed by atoms with E-state index in [2.05, 4.69) is 10.1 Å². The molecule has 98 valence electrons. The molecule has 1 aromatic rings. The summed E-state index contributed by atoms with van der Waals surface area (Å²) >= 11 is 0. The Morgan fingerprint density at radius 2 is 2.44 bits per heavy atom. The number of hydrogen-bond acceptors (Lipinski definition) is 5. The maximum atomic E-state index is 11.3. The largest absolute Gasteiger partial charge is 0.467 e. The Balaban J connectivity index is 1.54. The van der Waals surface area contributed by atoms with E-state index >= 15 is 0 Å². The molecule has 2 aliphatic rings. The minimum absolute atomic E-state index is 0.352. The molecule has 2 aliphatic heterocycles. The summed E-state index contributed by atoms with van der Waals surface area (Å²) in [6, 6.07) is 2.13. The van der Waals surface area contributed by atoms with E-state index in [0.29, 0.717) is 30.4 Å². The molecule has 2 bridgehead atoms. The average molecular weight is 251 g/mol. The number of esters is 1. The first kappa shape index (κ1) is 11.7. The van der Waals surface area contributed by atoms with Gasteiger partial charge in [-0.05, 0) is 25.3 Å². The van der Waals surface area contributed by atoms with Crippen molar-refractivity contribution in [2.75, 3.05) is 7.11 Å². The quantitative estimate of drug-likeness (QED) is 0.821. The fraction of sp³-hybridized carbons (Fsp3) is 0.615. The molecule has 0 saturated carbocycles. The second-order valence-corrected chi connectivity index (χ2v) is 4.89. The number of carbonyl (C=O) groups excluding carboxylic acids is 1. The lowest BCUT2D eigenvalue weighted by Crippen LogP contribution is -2.36. The highest BCUT2D eigenvalue weighted by Crippen LogP contribution is 2.34. The highest BCUT2D eigenvalue weighted by atomic mass is 16.5. The van der Waals surface area contributed by atoms with Gasteiger partial charge >= 0.3 is 5.97 Å². The molecule has 2 fully saturated rings. The lowest BCUT2D eigenvalue weighted by Gasteiger charge is -2.19. The molecule has 5 nitrogen and oxygen atoms in total. The molecule has 0 spiro atoms. The van der Waals surface area contributed by atoms with Crippen LogP contribution in [0.25, 0.3) is 0 Å². The summed E-state index contributed by atoms with van der Waals surface area (Å²) in [6.07, 6.45) is 5.64. The molecule has 0 aromatic carbocycles. The van der Waals surface area contributed by atoms with E-state index < -0.39 is 0 Å². The number of furan rings is 1. The normalized spacial score (nSPS) is 29.7. The van der Waals surface area contributed by atoms with Gasteiger partial charge in [0.2, 0.25) is 0 Å². The highest BCUT2D eigenvalue weighted by molar-refractivity contribution is 5.88. The number of methoxy groups -OCH3 is 1. The van der Waals surface area contributed by atoms with E-state index in [0.717, 1.165) is 18.6 Å². The summed E-state index contributed by atoms with van der Waals surface area (Å²) in [5.41, 5.74) is 0.457. The van der Waals surface area contributed by atoms with Crippen molar-refractivity contribution in [3.63, 3.8) is 0 Å². The van der Waals surface area contributed by atoms with Crippen LogP contribution in [0.1, 0.15) is 35.4 Å². The van der Waals surface area contributed by atoms with E-state index in [-0.39, 0.29) is 5.97 Å². The summed E-state index contributed by atoms with van der Waals surface area (Å²) in [5, 5.41) is 3.43. The molecule has 3 atom stereocenters. The molecule has 3 heterocycles. The summed E-state index contributed by atoms with van der Waals surface area (Å²) < 4.78 is 15.7. The molecular formula is C13H17NO4. The number of nitrogens with one attached hydrogen (secondary N) is 1. The topological polar surface area (TPSA) is 60.7 Å². The van der Waals surface area contributed by atoms with Crippen LogP contribution in [-0.2, 0) is 16.0 Å². The van der Waals surface area contributed by atoms with Gasteiger partial charge in [-0.15, -0.1) is 0 Å².